The van der Waals surface area contributed by atoms with Crippen molar-refractivity contribution in [3.05, 3.63) is 59.2 Å². The van der Waals surface area contributed by atoms with Crippen LogP contribution in [0, 0.1) is 0 Å². The van der Waals surface area contributed by atoms with Crippen LogP contribution in [0.3, 0.4) is 0 Å². The SMILES string of the molecule is O=C(CCc1ccccc1)N1CCCN(c2nnc3ccc(Cl)cn23)CC1. The molecule has 140 valence electrons. The number of amides is 1. The lowest BCUT2D eigenvalue weighted by Crippen LogP contribution is -2.35. The molecule has 7 heteroatoms. The molecule has 1 aliphatic heterocycles. The Hall–Kier alpha value is -2.60. The largest absolute Gasteiger partial charge is 0.341 e. The fourth-order valence-electron chi connectivity index (χ4n) is 3.49. The molecule has 1 saturated heterocycles. The summed E-state index contributed by atoms with van der Waals surface area (Å²) in [6, 6.07) is 13.8. The summed E-state index contributed by atoms with van der Waals surface area (Å²) in [4.78, 5) is 16.8. The first-order valence-electron chi connectivity index (χ1n) is 9.28. The van der Waals surface area contributed by atoms with Crippen LogP contribution in [-0.4, -0.2) is 51.6 Å². The third kappa shape index (κ3) is 4.06. The molecule has 0 bridgehead atoms. The Kier molecular flexibility index (Phi) is 5.25. The van der Waals surface area contributed by atoms with Gasteiger partial charge >= 0.3 is 0 Å². The lowest BCUT2D eigenvalue weighted by Gasteiger charge is -2.22. The summed E-state index contributed by atoms with van der Waals surface area (Å²) in [6.45, 7) is 3.06. The number of anilines is 1. The van der Waals surface area contributed by atoms with Crippen molar-refractivity contribution in [3.8, 4) is 0 Å². The Bertz CT molecular complexity index is 927. The number of fused-ring (bicyclic) bond motifs is 1. The van der Waals surface area contributed by atoms with Crippen LogP contribution in [0.15, 0.2) is 48.7 Å². The van der Waals surface area contributed by atoms with E-state index in [1.165, 1.54) is 5.56 Å². The molecule has 2 aromatic heterocycles. The van der Waals surface area contributed by atoms with Crippen LogP contribution in [0.5, 0.6) is 0 Å². The van der Waals surface area contributed by atoms with Gasteiger partial charge in [0.25, 0.3) is 0 Å². The quantitative estimate of drug-likeness (QED) is 0.694. The number of aryl methyl sites for hydroxylation is 1. The van der Waals surface area contributed by atoms with E-state index in [9.17, 15) is 4.79 Å². The molecule has 1 fully saturated rings. The number of hydrogen-bond donors (Lipinski definition) is 0. The summed E-state index contributed by atoms with van der Waals surface area (Å²) in [6.07, 6.45) is 4.08. The lowest BCUT2D eigenvalue weighted by atomic mass is 10.1. The second kappa shape index (κ2) is 7.96. The van der Waals surface area contributed by atoms with Gasteiger partial charge in [-0.05, 0) is 30.5 Å². The summed E-state index contributed by atoms with van der Waals surface area (Å²) < 4.78 is 1.91. The topological polar surface area (TPSA) is 53.7 Å². The fraction of sp³-hybridized carbons (Fsp3) is 0.350. The number of hydrogen-bond acceptors (Lipinski definition) is 4. The van der Waals surface area contributed by atoms with Gasteiger partial charge in [0.1, 0.15) is 0 Å². The molecular weight excluding hydrogens is 362 g/mol. The van der Waals surface area contributed by atoms with Crippen molar-refractivity contribution < 1.29 is 4.79 Å². The minimum absolute atomic E-state index is 0.217. The zero-order chi connectivity index (χ0) is 18.6. The summed E-state index contributed by atoms with van der Waals surface area (Å²) in [5, 5.41) is 9.19. The van der Waals surface area contributed by atoms with Gasteiger partial charge in [0.05, 0.1) is 5.02 Å². The predicted molar refractivity (Wildman–Crippen MR) is 106 cm³/mol. The van der Waals surface area contributed by atoms with E-state index in [4.69, 9.17) is 11.6 Å². The van der Waals surface area contributed by atoms with Gasteiger partial charge in [0.15, 0.2) is 5.65 Å². The van der Waals surface area contributed by atoms with E-state index >= 15 is 0 Å². The second-order valence-electron chi connectivity index (χ2n) is 6.78. The molecule has 0 radical (unpaired) electrons. The van der Waals surface area contributed by atoms with Gasteiger partial charge in [0.2, 0.25) is 11.9 Å². The van der Waals surface area contributed by atoms with Crippen LogP contribution in [0.4, 0.5) is 5.95 Å². The first-order chi connectivity index (χ1) is 13.2. The fourth-order valence-corrected chi connectivity index (χ4v) is 3.65. The van der Waals surface area contributed by atoms with Crippen LogP contribution < -0.4 is 4.90 Å². The Labute approximate surface area is 163 Å². The van der Waals surface area contributed by atoms with Crippen molar-refractivity contribution in [3.63, 3.8) is 0 Å². The average molecular weight is 384 g/mol. The van der Waals surface area contributed by atoms with Gasteiger partial charge in [-0.3, -0.25) is 9.20 Å². The molecule has 6 nitrogen and oxygen atoms in total. The number of aromatic nitrogens is 3. The number of benzene rings is 1. The van der Waals surface area contributed by atoms with E-state index in [-0.39, 0.29) is 5.91 Å². The second-order valence-corrected chi connectivity index (χ2v) is 7.22. The van der Waals surface area contributed by atoms with Crippen molar-refractivity contribution in [1.82, 2.24) is 19.5 Å². The monoisotopic (exact) mass is 383 g/mol. The van der Waals surface area contributed by atoms with Gasteiger partial charge in [0, 0.05) is 38.8 Å². The summed E-state index contributed by atoms with van der Waals surface area (Å²) >= 11 is 6.12. The third-order valence-electron chi connectivity index (χ3n) is 4.95. The molecule has 1 aliphatic rings. The third-order valence-corrected chi connectivity index (χ3v) is 5.17. The normalized spacial score (nSPS) is 15.1. The van der Waals surface area contributed by atoms with Crippen molar-refractivity contribution in [1.29, 1.82) is 0 Å². The van der Waals surface area contributed by atoms with Crippen molar-refractivity contribution in [2.45, 2.75) is 19.3 Å². The van der Waals surface area contributed by atoms with Crippen molar-refractivity contribution in [2.75, 3.05) is 31.1 Å². The van der Waals surface area contributed by atoms with Crippen LogP contribution in [-0.2, 0) is 11.2 Å². The highest BCUT2D eigenvalue weighted by Crippen LogP contribution is 2.19. The highest BCUT2D eigenvalue weighted by molar-refractivity contribution is 6.30. The van der Waals surface area contributed by atoms with E-state index in [1.54, 1.807) is 0 Å². The Balaban J connectivity index is 1.39. The Morgan fingerprint density at radius 2 is 1.85 bits per heavy atom. The van der Waals surface area contributed by atoms with Gasteiger partial charge in [-0.2, -0.15) is 0 Å². The highest BCUT2D eigenvalue weighted by Gasteiger charge is 2.21. The predicted octanol–water partition coefficient (Wildman–Crippen LogP) is 3.05. The molecule has 0 saturated carbocycles. The molecule has 3 aromatic rings. The number of carbonyl (C=O) groups is 1. The van der Waals surface area contributed by atoms with Gasteiger partial charge < -0.3 is 9.80 Å². The molecule has 0 atom stereocenters. The Morgan fingerprint density at radius 3 is 2.70 bits per heavy atom. The zero-order valence-electron chi connectivity index (χ0n) is 15.1. The summed E-state index contributed by atoms with van der Waals surface area (Å²) in [5.74, 6) is 1.00. The smallest absolute Gasteiger partial charge is 0.231 e. The molecule has 0 aliphatic carbocycles. The van der Waals surface area contributed by atoms with Crippen molar-refractivity contribution >= 4 is 29.1 Å². The molecule has 4 rings (SSSR count). The van der Waals surface area contributed by atoms with Gasteiger partial charge in [-0.25, -0.2) is 0 Å². The van der Waals surface area contributed by atoms with Crippen LogP contribution in [0.1, 0.15) is 18.4 Å². The number of halogens is 1. The maximum absolute atomic E-state index is 12.6. The maximum Gasteiger partial charge on any atom is 0.231 e. The van der Waals surface area contributed by atoms with E-state index < -0.39 is 0 Å². The van der Waals surface area contributed by atoms with Gasteiger partial charge in [-0.15, -0.1) is 10.2 Å². The summed E-state index contributed by atoms with van der Waals surface area (Å²) in [5.41, 5.74) is 1.98. The van der Waals surface area contributed by atoms with Crippen LogP contribution >= 0.6 is 11.6 Å². The molecule has 1 amide bonds. The molecular formula is C20H22ClN5O. The molecule has 0 unspecified atom stereocenters. The van der Waals surface area contributed by atoms with E-state index in [1.807, 2.05) is 45.8 Å². The number of carbonyl (C=O) groups excluding carboxylic acids is 1. The summed E-state index contributed by atoms with van der Waals surface area (Å²) in [7, 11) is 0. The van der Waals surface area contributed by atoms with E-state index in [0.717, 1.165) is 44.1 Å². The number of rotatable bonds is 4. The number of nitrogens with zero attached hydrogens (tertiary/aromatic N) is 5. The lowest BCUT2D eigenvalue weighted by molar-refractivity contribution is -0.130. The standard InChI is InChI=1S/C20H22ClN5O/c21-17-8-9-18-22-23-20(26(18)15-17)25-12-4-11-24(13-14-25)19(27)10-7-16-5-2-1-3-6-16/h1-3,5-6,8-9,15H,4,7,10-14H2. The molecule has 27 heavy (non-hydrogen) atoms. The minimum atomic E-state index is 0.217. The Morgan fingerprint density at radius 1 is 1.00 bits per heavy atom. The van der Waals surface area contributed by atoms with Crippen LogP contribution in [0.25, 0.3) is 5.65 Å². The first kappa shape index (κ1) is 17.8. The highest BCUT2D eigenvalue weighted by atomic mass is 35.5. The van der Waals surface area contributed by atoms with E-state index in [2.05, 4.69) is 27.2 Å². The molecule has 0 spiro atoms. The molecule has 1 aromatic carbocycles. The van der Waals surface area contributed by atoms with E-state index in [0.29, 0.717) is 18.0 Å². The average Bonchev–Trinajstić information content (AvgIpc) is 2.94. The van der Waals surface area contributed by atoms with Crippen LogP contribution in [0.2, 0.25) is 5.02 Å². The van der Waals surface area contributed by atoms with Crippen molar-refractivity contribution in [2.24, 2.45) is 0 Å². The minimum Gasteiger partial charge on any atom is -0.341 e. The van der Waals surface area contributed by atoms with Gasteiger partial charge in [-0.1, -0.05) is 41.9 Å². The maximum atomic E-state index is 12.6. The first-order valence-corrected chi connectivity index (χ1v) is 9.65. The number of pyridine rings is 1. The molecule has 0 N–H and O–H groups in total. The molecule has 3 heterocycles. The zero-order valence-corrected chi connectivity index (χ0v) is 15.8.